The first-order chi connectivity index (χ1) is 9.32. The number of aliphatic carboxylic acids is 1. The van der Waals surface area contributed by atoms with Gasteiger partial charge >= 0.3 is 5.97 Å². The number of carbonyl (C=O) groups excluding carboxylic acids is 1. The van der Waals surface area contributed by atoms with E-state index < -0.39 is 5.97 Å². The highest BCUT2D eigenvalue weighted by Gasteiger charge is 2.21. The highest BCUT2D eigenvalue weighted by Crippen LogP contribution is 2.21. The molecule has 0 saturated heterocycles. The maximum atomic E-state index is 12.6. The van der Waals surface area contributed by atoms with Crippen LogP contribution >= 0.6 is 11.6 Å². The molecule has 0 aromatic carbocycles. The smallest absolute Gasteiger partial charge is 0.309 e. The molecule has 0 aliphatic rings. The molecule has 2 rings (SSSR count). The van der Waals surface area contributed by atoms with E-state index in [2.05, 4.69) is 0 Å². The zero-order valence-corrected chi connectivity index (χ0v) is 12.2. The van der Waals surface area contributed by atoms with Crippen molar-refractivity contribution in [3.8, 4) is 0 Å². The highest BCUT2D eigenvalue weighted by molar-refractivity contribution is 6.30. The fraction of sp³-hybridized carbons (Fsp3) is 0.286. The number of rotatable bonds is 4. The summed E-state index contributed by atoms with van der Waals surface area (Å²) in [5.74, 6) is -1.09. The summed E-state index contributed by atoms with van der Waals surface area (Å²) in [6.07, 6.45) is -0.113. The van der Waals surface area contributed by atoms with Crippen LogP contribution in [0.1, 0.15) is 27.4 Å². The number of carboxylic acid groups (broad SMARTS) is 1. The Kier molecular flexibility index (Phi) is 3.72. The fourth-order valence-corrected chi connectivity index (χ4v) is 2.47. The van der Waals surface area contributed by atoms with Crippen molar-refractivity contribution < 1.29 is 14.7 Å². The van der Waals surface area contributed by atoms with E-state index in [0.29, 0.717) is 22.2 Å². The van der Waals surface area contributed by atoms with Crippen molar-refractivity contribution in [2.24, 2.45) is 14.1 Å². The molecule has 0 fully saturated rings. The zero-order valence-electron chi connectivity index (χ0n) is 11.5. The number of halogens is 1. The standard InChI is InChI=1S/C14H15ClN2O3/c1-8-6-9(7-12(18)19)16(2)13(8)14(20)10-4-5-11(15)17(10)3/h4-6H,7H2,1-3H3,(H,18,19). The molecule has 2 heterocycles. The molecule has 106 valence electrons. The lowest BCUT2D eigenvalue weighted by molar-refractivity contribution is -0.136. The Labute approximate surface area is 121 Å². The molecule has 5 nitrogen and oxygen atoms in total. The first-order valence-corrected chi connectivity index (χ1v) is 6.43. The predicted molar refractivity (Wildman–Crippen MR) is 75.3 cm³/mol. The van der Waals surface area contributed by atoms with Crippen LogP contribution in [0.5, 0.6) is 0 Å². The quantitative estimate of drug-likeness (QED) is 0.879. The van der Waals surface area contributed by atoms with Crippen molar-refractivity contribution in [2.45, 2.75) is 13.3 Å². The lowest BCUT2D eigenvalue weighted by atomic mass is 10.1. The second-order valence-electron chi connectivity index (χ2n) is 4.73. The number of hydrogen-bond acceptors (Lipinski definition) is 2. The van der Waals surface area contributed by atoms with Gasteiger partial charge in [0.05, 0.1) is 17.8 Å². The van der Waals surface area contributed by atoms with E-state index in [-0.39, 0.29) is 12.2 Å². The molecule has 20 heavy (non-hydrogen) atoms. The van der Waals surface area contributed by atoms with E-state index in [0.717, 1.165) is 5.56 Å². The maximum absolute atomic E-state index is 12.6. The Morgan fingerprint density at radius 1 is 1.25 bits per heavy atom. The summed E-state index contributed by atoms with van der Waals surface area (Å²) >= 11 is 5.94. The third kappa shape index (κ3) is 2.36. The van der Waals surface area contributed by atoms with Crippen LogP contribution in [0, 0.1) is 6.92 Å². The van der Waals surface area contributed by atoms with Gasteiger partial charge in [-0.15, -0.1) is 0 Å². The van der Waals surface area contributed by atoms with Gasteiger partial charge in [-0.2, -0.15) is 0 Å². The Morgan fingerprint density at radius 2 is 1.90 bits per heavy atom. The van der Waals surface area contributed by atoms with Gasteiger partial charge < -0.3 is 14.2 Å². The van der Waals surface area contributed by atoms with E-state index in [9.17, 15) is 9.59 Å². The summed E-state index contributed by atoms with van der Waals surface area (Å²) in [4.78, 5) is 23.4. The number of ketones is 1. The number of aromatic nitrogens is 2. The molecule has 0 radical (unpaired) electrons. The normalized spacial score (nSPS) is 10.8. The summed E-state index contributed by atoms with van der Waals surface area (Å²) in [6, 6.07) is 5.05. The average Bonchev–Trinajstić information content (AvgIpc) is 2.81. The van der Waals surface area contributed by atoms with Gasteiger partial charge in [0.15, 0.2) is 0 Å². The predicted octanol–water partition coefficient (Wildman–Crippen LogP) is 2.18. The molecular weight excluding hydrogens is 280 g/mol. The second-order valence-corrected chi connectivity index (χ2v) is 5.11. The van der Waals surface area contributed by atoms with Crippen LogP contribution in [0.15, 0.2) is 18.2 Å². The zero-order chi connectivity index (χ0) is 15.0. The van der Waals surface area contributed by atoms with E-state index in [4.69, 9.17) is 16.7 Å². The molecule has 0 amide bonds. The van der Waals surface area contributed by atoms with Crippen molar-refractivity contribution in [3.63, 3.8) is 0 Å². The summed E-state index contributed by atoms with van der Waals surface area (Å²) in [6.45, 7) is 1.79. The van der Waals surface area contributed by atoms with Crippen molar-refractivity contribution >= 4 is 23.4 Å². The van der Waals surface area contributed by atoms with Gasteiger partial charge in [-0.05, 0) is 30.7 Å². The van der Waals surface area contributed by atoms with Crippen LogP contribution in [0.25, 0.3) is 0 Å². The van der Waals surface area contributed by atoms with Gasteiger partial charge in [-0.1, -0.05) is 11.6 Å². The van der Waals surface area contributed by atoms with Gasteiger partial charge in [0.2, 0.25) is 5.78 Å². The molecule has 2 aromatic heterocycles. The molecule has 2 aromatic rings. The lowest BCUT2D eigenvalue weighted by Gasteiger charge is -2.08. The van der Waals surface area contributed by atoms with Gasteiger partial charge in [-0.25, -0.2) is 0 Å². The molecule has 0 atom stereocenters. The Balaban J connectivity index is 2.48. The monoisotopic (exact) mass is 294 g/mol. The Bertz CT molecular complexity index is 698. The molecule has 0 bridgehead atoms. The Hall–Kier alpha value is -2.01. The first kappa shape index (κ1) is 14.4. The number of carboxylic acids is 1. The average molecular weight is 295 g/mol. The second kappa shape index (κ2) is 5.17. The lowest BCUT2D eigenvalue weighted by Crippen LogP contribution is -2.14. The molecule has 0 unspecified atom stereocenters. The van der Waals surface area contributed by atoms with E-state index >= 15 is 0 Å². The number of carbonyl (C=O) groups is 2. The largest absolute Gasteiger partial charge is 0.481 e. The summed E-state index contributed by atoms with van der Waals surface area (Å²) in [7, 11) is 3.41. The SMILES string of the molecule is Cc1cc(CC(=O)O)n(C)c1C(=O)c1ccc(Cl)n1C. The first-order valence-electron chi connectivity index (χ1n) is 6.05. The Morgan fingerprint density at radius 3 is 2.40 bits per heavy atom. The minimum Gasteiger partial charge on any atom is -0.481 e. The molecule has 0 aliphatic carbocycles. The van der Waals surface area contributed by atoms with Crippen LogP contribution < -0.4 is 0 Å². The van der Waals surface area contributed by atoms with Crippen LogP contribution in [-0.4, -0.2) is 26.0 Å². The fourth-order valence-electron chi connectivity index (χ4n) is 2.31. The van der Waals surface area contributed by atoms with Gasteiger partial charge in [-0.3, -0.25) is 9.59 Å². The topological polar surface area (TPSA) is 64.2 Å². The number of aryl methyl sites for hydroxylation is 1. The van der Waals surface area contributed by atoms with Crippen LogP contribution in [0.2, 0.25) is 5.15 Å². The van der Waals surface area contributed by atoms with E-state index in [1.54, 1.807) is 48.4 Å². The molecular formula is C14H15ClN2O3. The van der Waals surface area contributed by atoms with Gasteiger partial charge in [0.1, 0.15) is 5.15 Å². The van der Waals surface area contributed by atoms with E-state index in [1.807, 2.05) is 0 Å². The minimum absolute atomic E-state index is 0.113. The molecule has 1 N–H and O–H groups in total. The highest BCUT2D eigenvalue weighted by atomic mass is 35.5. The number of hydrogen-bond donors (Lipinski definition) is 1. The van der Waals surface area contributed by atoms with Crippen molar-refractivity contribution in [2.75, 3.05) is 0 Å². The molecule has 0 saturated carbocycles. The van der Waals surface area contributed by atoms with Crippen molar-refractivity contribution in [1.29, 1.82) is 0 Å². The summed E-state index contributed by atoms with van der Waals surface area (Å²) in [5, 5.41) is 9.35. The van der Waals surface area contributed by atoms with Crippen molar-refractivity contribution in [3.05, 3.63) is 46.0 Å². The maximum Gasteiger partial charge on any atom is 0.309 e. The van der Waals surface area contributed by atoms with Gasteiger partial charge in [0.25, 0.3) is 0 Å². The van der Waals surface area contributed by atoms with Gasteiger partial charge in [0, 0.05) is 19.8 Å². The third-order valence-electron chi connectivity index (χ3n) is 3.36. The van der Waals surface area contributed by atoms with Crippen LogP contribution in [0.4, 0.5) is 0 Å². The third-order valence-corrected chi connectivity index (χ3v) is 3.74. The van der Waals surface area contributed by atoms with E-state index in [1.165, 1.54) is 0 Å². The number of nitrogens with zero attached hydrogens (tertiary/aromatic N) is 2. The van der Waals surface area contributed by atoms with Crippen molar-refractivity contribution in [1.82, 2.24) is 9.13 Å². The summed E-state index contributed by atoms with van der Waals surface area (Å²) < 4.78 is 3.24. The molecule has 6 heteroatoms. The molecule has 0 spiro atoms. The summed E-state index contributed by atoms with van der Waals surface area (Å²) in [5.41, 5.74) is 2.31. The van der Waals surface area contributed by atoms with Crippen LogP contribution in [0.3, 0.4) is 0 Å². The molecule has 0 aliphatic heterocycles. The van der Waals surface area contributed by atoms with Crippen LogP contribution in [-0.2, 0) is 25.3 Å². The minimum atomic E-state index is -0.925.